The Morgan fingerprint density at radius 2 is 2.11 bits per heavy atom. The second-order valence-electron chi connectivity index (χ2n) is 3.89. The molecule has 1 aromatic rings. The van der Waals surface area contributed by atoms with E-state index in [0.29, 0.717) is 13.2 Å². The minimum atomic E-state index is -0.346. The predicted octanol–water partition coefficient (Wildman–Crippen LogP) is 3.19. The molecular weight excluding hydrogens is 233 g/mol. The largest absolute Gasteiger partial charge is 0.447 e. The molecule has 0 N–H and O–H groups in total. The average molecular weight is 247 g/mol. The summed E-state index contributed by atoms with van der Waals surface area (Å²) in [7, 11) is 0. The third-order valence-electron chi connectivity index (χ3n) is 2.59. The van der Waals surface area contributed by atoms with Crippen LogP contribution < -0.4 is 0 Å². The molecule has 0 aromatic heterocycles. The van der Waals surface area contributed by atoms with Crippen LogP contribution in [-0.4, -0.2) is 24.1 Å². The third kappa shape index (κ3) is 2.77. The lowest BCUT2D eigenvalue weighted by molar-refractivity contribution is 0.165. The van der Waals surface area contributed by atoms with Crippen molar-refractivity contribution < 1.29 is 13.9 Å². The monoisotopic (exact) mass is 247 g/mol. The van der Waals surface area contributed by atoms with E-state index < -0.39 is 0 Å². The second-order valence-corrected chi connectivity index (χ2v) is 3.89. The van der Waals surface area contributed by atoms with Crippen LogP contribution in [0, 0.1) is 5.82 Å². The molecule has 1 amide bonds. The molecule has 1 fully saturated rings. The zero-order valence-electron chi connectivity index (χ0n) is 10.1. The van der Waals surface area contributed by atoms with Crippen LogP contribution in [-0.2, 0) is 4.74 Å². The number of carbonyl (C=O) groups is 1. The van der Waals surface area contributed by atoms with Gasteiger partial charge < -0.3 is 4.74 Å². The van der Waals surface area contributed by atoms with Gasteiger partial charge in [0.1, 0.15) is 12.4 Å². The van der Waals surface area contributed by atoms with Gasteiger partial charge in [-0.2, -0.15) is 0 Å². The van der Waals surface area contributed by atoms with Crippen LogP contribution in [0.5, 0.6) is 0 Å². The van der Waals surface area contributed by atoms with Crippen molar-refractivity contribution in [2.45, 2.75) is 6.92 Å². The van der Waals surface area contributed by atoms with Crippen LogP contribution in [0.25, 0.3) is 6.08 Å². The lowest BCUT2D eigenvalue weighted by atomic mass is 10.1. The van der Waals surface area contributed by atoms with E-state index in [1.807, 2.05) is 25.2 Å². The van der Waals surface area contributed by atoms with E-state index in [2.05, 4.69) is 0 Å². The van der Waals surface area contributed by atoms with Gasteiger partial charge >= 0.3 is 6.09 Å². The van der Waals surface area contributed by atoms with Crippen LogP contribution in [0.15, 0.2) is 42.1 Å². The normalized spacial score (nSPS) is 16.4. The topological polar surface area (TPSA) is 29.5 Å². The average Bonchev–Trinajstić information content (AvgIpc) is 2.78. The molecule has 0 spiro atoms. The first-order valence-corrected chi connectivity index (χ1v) is 5.75. The number of nitrogens with zero attached hydrogens (tertiary/aromatic N) is 1. The number of hydrogen-bond donors (Lipinski definition) is 0. The quantitative estimate of drug-likeness (QED) is 0.768. The zero-order chi connectivity index (χ0) is 13.0. The van der Waals surface area contributed by atoms with Crippen molar-refractivity contribution in [3.63, 3.8) is 0 Å². The highest BCUT2D eigenvalue weighted by Crippen LogP contribution is 2.17. The Morgan fingerprint density at radius 3 is 2.67 bits per heavy atom. The van der Waals surface area contributed by atoms with Crippen LogP contribution in [0.3, 0.4) is 0 Å². The first-order valence-electron chi connectivity index (χ1n) is 5.75. The van der Waals surface area contributed by atoms with Gasteiger partial charge in [-0.3, -0.25) is 4.90 Å². The molecule has 1 aliphatic rings. The Balaban J connectivity index is 2.29. The molecule has 18 heavy (non-hydrogen) atoms. The minimum absolute atomic E-state index is 0.277. The van der Waals surface area contributed by atoms with E-state index >= 15 is 0 Å². The van der Waals surface area contributed by atoms with E-state index in [4.69, 9.17) is 4.74 Å². The number of benzene rings is 1. The highest BCUT2D eigenvalue weighted by Gasteiger charge is 2.23. The molecule has 1 aromatic carbocycles. The molecule has 2 rings (SSSR count). The van der Waals surface area contributed by atoms with Gasteiger partial charge in [-0.15, -0.1) is 0 Å². The maximum absolute atomic E-state index is 12.8. The van der Waals surface area contributed by atoms with Gasteiger partial charge in [0.2, 0.25) is 0 Å². The summed E-state index contributed by atoms with van der Waals surface area (Å²) in [4.78, 5) is 13.1. The lowest BCUT2D eigenvalue weighted by Crippen LogP contribution is -2.22. The summed E-state index contributed by atoms with van der Waals surface area (Å²) in [5.41, 5.74) is 1.58. The molecule has 0 radical (unpaired) electrons. The van der Waals surface area contributed by atoms with Crippen molar-refractivity contribution in [1.29, 1.82) is 0 Å². The number of rotatable bonds is 3. The predicted molar refractivity (Wildman–Crippen MR) is 67.2 cm³/mol. The van der Waals surface area contributed by atoms with Crippen LogP contribution in [0.2, 0.25) is 0 Å². The molecule has 1 heterocycles. The number of halogens is 1. The van der Waals surface area contributed by atoms with Crippen LogP contribution in [0.4, 0.5) is 9.18 Å². The first kappa shape index (κ1) is 12.4. The number of carbonyl (C=O) groups excluding carboxylic acids is 1. The molecule has 0 atom stereocenters. The Hall–Kier alpha value is -2.10. The van der Waals surface area contributed by atoms with Gasteiger partial charge in [-0.05, 0) is 36.8 Å². The molecule has 0 saturated carbocycles. The maximum atomic E-state index is 12.8. The number of amides is 1. The highest BCUT2D eigenvalue weighted by atomic mass is 19.1. The number of allylic oxidation sites excluding steroid dienone is 2. The summed E-state index contributed by atoms with van der Waals surface area (Å²) in [5.74, 6) is -0.277. The molecule has 1 aliphatic heterocycles. The minimum Gasteiger partial charge on any atom is -0.447 e. The van der Waals surface area contributed by atoms with Crippen molar-refractivity contribution in [1.82, 2.24) is 4.90 Å². The van der Waals surface area contributed by atoms with Crippen LogP contribution in [0.1, 0.15) is 12.5 Å². The zero-order valence-corrected chi connectivity index (χ0v) is 10.1. The van der Waals surface area contributed by atoms with Crippen LogP contribution >= 0.6 is 0 Å². The first-order chi connectivity index (χ1) is 8.70. The second kappa shape index (κ2) is 5.49. The van der Waals surface area contributed by atoms with Crippen molar-refractivity contribution in [3.8, 4) is 0 Å². The van der Waals surface area contributed by atoms with Gasteiger partial charge in [0.25, 0.3) is 0 Å². The Kier molecular flexibility index (Phi) is 3.77. The van der Waals surface area contributed by atoms with E-state index in [0.717, 1.165) is 11.3 Å². The summed E-state index contributed by atoms with van der Waals surface area (Å²) in [5, 5.41) is 0. The Morgan fingerprint density at radius 1 is 1.39 bits per heavy atom. The van der Waals surface area contributed by atoms with Gasteiger partial charge in [0.15, 0.2) is 0 Å². The summed E-state index contributed by atoms with van der Waals surface area (Å²) in [6, 6.07) is 6.11. The molecule has 1 saturated heterocycles. The SMILES string of the molecule is C/C=C\C(=C/c1ccc(F)cc1)N1CCOC1=O. The fraction of sp³-hybridized carbons (Fsp3) is 0.214. The number of ether oxygens (including phenoxy) is 1. The molecule has 94 valence electrons. The maximum Gasteiger partial charge on any atom is 0.414 e. The molecular formula is C14H14FNO2. The van der Waals surface area contributed by atoms with Crippen molar-refractivity contribution >= 4 is 12.2 Å². The standard InChI is InChI=1S/C14H14FNO2/c1-2-3-13(16-8-9-18-14(16)17)10-11-4-6-12(15)7-5-11/h2-7,10H,8-9H2,1H3/b3-2-,13-10+. The van der Waals surface area contributed by atoms with E-state index in [1.54, 1.807) is 17.0 Å². The van der Waals surface area contributed by atoms with E-state index in [9.17, 15) is 9.18 Å². The van der Waals surface area contributed by atoms with Crippen molar-refractivity contribution in [3.05, 3.63) is 53.5 Å². The van der Waals surface area contributed by atoms with Gasteiger partial charge in [-0.1, -0.05) is 18.2 Å². The van der Waals surface area contributed by atoms with E-state index in [1.165, 1.54) is 12.1 Å². The number of cyclic esters (lactones) is 1. The Labute approximate surface area is 105 Å². The smallest absolute Gasteiger partial charge is 0.414 e. The summed E-state index contributed by atoms with van der Waals surface area (Å²) >= 11 is 0. The molecule has 0 aliphatic carbocycles. The molecule has 4 heteroatoms. The highest BCUT2D eigenvalue weighted by molar-refractivity contribution is 5.75. The van der Waals surface area contributed by atoms with E-state index in [-0.39, 0.29) is 11.9 Å². The van der Waals surface area contributed by atoms with Gasteiger partial charge in [0.05, 0.1) is 6.54 Å². The lowest BCUT2D eigenvalue weighted by Gasteiger charge is -2.13. The number of hydrogen-bond acceptors (Lipinski definition) is 2. The molecule has 0 unspecified atom stereocenters. The molecule has 0 bridgehead atoms. The van der Waals surface area contributed by atoms with Gasteiger partial charge in [-0.25, -0.2) is 9.18 Å². The fourth-order valence-corrected chi connectivity index (χ4v) is 1.74. The Bertz CT molecular complexity index is 491. The summed E-state index contributed by atoms with van der Waals surface area (Å²) in [6.45, 7) is 2.81. The summed E-state index contributed by atoms with van der Waals surface area (Å²) < 4.78 is 17.7. The molecule has 3 nitrogen and oxygen atoms in total. The summed E-state index contributed by atoms with van der Waals surface area (Å²) in [6.07, 6.45) is 5.16. The third-order valence-corrected chi connectivity index (χ3v) is 2.59. The van der Waals surface area contributed by atoms with Gasteiger partial charge in [0, 0.05) is 5.70 Å². The van der Waals surface area contributed by atoms with Crippen molar-refractivity contribution in [2.24, 2.45) is 0 Å². The van der Waals surface area contributed by atoms with Crippen molar-refractivity contribution in [2.75, 3.05) is 13.2 Å². The fourth-order valence-electron chi connectivity index (χ4n) is 1.74.